The van der Waals surface area contributed by atoms with Gasteiger partial charge in [-0.3, -0.25) is 10.1 Å². The van der Waals surface area contributed by atoms with E-state index in [4.69, 9.17) is 4.74 Å². The van der Waals surface area contributed by atoms with Crippen molar-refractivity contribution >= 4 is 17.7 Å². The summed E-state index contributed by atoms with van der Waals surface area (Å²) >= 11 is 0. The molecule has 23 heavy (non-hydrogen) atoms. The third-order valence-electron chi connectivity index (χ3n) is 2.91. The summed E-state index contributed by atoms with van der Waals surface area (Å²) in [7, 11) is 0. The van der Waals surface area contributed by atoms with Crippen molar-refractivity contribution in [2.45, 2.75) is 40.2 Å². The zero-order valence-corrected chi connectivity index (χ0v) is 14.6. The molecule has 0 heterocycles. The van der Waals surface area contributed by atoms with E-state index in [9.17, 15) is 9.59 Å². The van der Waals surface area contributed by atoms with Gasteiger partial charge in [0.1, 0.15) is 5.60 Å². The van der Waals surface area contributed by atoms with E-state index in [1.54, 1.807) is 49.9 Å². The van der Waals surface area contributed by atoms with Gasteiger partial charge in [-0.05, 0) is 58.9 Å². The highest BCUT2D eigenvalue weighted by atomic mass is 16.6. The average Bonchev–Trinajstić information content (AvgIpc) is 2.42. The minimum atomic E-state index is -0.551. The predicted molar refractivity (Wildman–Crippen MR) is 92.7 cm³/mol. The zero-order chi connectivity index (χ0) is 17.6. The standard InChI is InChI=1S/C18H26N2O3/c1-7-20(12-13(2)3)16(21)14-8-10-15(11-9-14)19-17(22)23-18(4,5)6/h8-11H,2,7,12H2,1,3-6H3,(H,19,22). The largest absolute Gasteiger partial charge is 0.444 e. The number of likely N-dealkylation sites (N-methyl/N-ethyl adjacent to an activating group) is 1. The summed E-state index contributed by atoms with van der Waals surface area (Å²) in [6, 6.07) is 6.75. The van der Waals surface area contributed by atoms with E-state index >= 15 is 0 Å². The summed E-state index contributed by atoms with van der Waals surface area (Å²) in [6.07, 6.45) is -0.519. The molecule has 1 rings (SSSR count). The molecular formula is C18H26N2O3. The van der Waals surface area contributed by atoms with Crippen LogP contribution in [0.5, 0.6) is 0 Å². The summed E-state index contributed by atoms with van der Waals surface area (Å²) in [5.74, 6) is -0.0562. The summed E-state index contributed by atoms with van der Waals surface area (Å²) in [5.41, 5.74) is 1.54. The second-order valence-corrected chi connectivity index (χ2v) is 6.48. The highest BCUT2D eigenvalue weighted by Gasteiger charge is 2.17. The Labute approximate surface area is 138 Å². The summed E-state index contributed by atoms with van der Waals surface area (Å²) in [5, 5.41) is 2.64. The van der Waals surface area contributed by atoms with Crippen LogP contribution in [0.2, 0.25) is 0 Å². The Balaban J connectivity index is 2.74. The Morgan fingerprint density at radius 3 is 2.22 bits per heavy atom. The van der Waals surface area contributed by atoms with E-state index < -0.39 is 11.7 Å². The number of benzene rings is 1. The van der Waals surface area contributed by atoms with E-state index in [-0.39, 0.29) is 5.91 Å². The number of nitrogens with zero attached hydrogens (tertiary/aromatic N) is 1. The fourth-order valence-electron chi connectivity index (χ4n) is 1.95. The molecule has 0 aliphatic heterocycles. The van der Waals surface area contributed by atoms with Crippen LogP contribution in [0.15, 0.2) is 36.4 Å². The van der Waals surface area contributed by atoms with Crippen molar-refractivity contribution < 1.29 is 14.3 Å². The molecule has 0 radical (unpaired) electrons. The van der Waals surface area contributed by atoms with Gasteiger partial charge in [-0.15, -0.1) is 0 Å². The van der Waals surface area contributed by atoms with Crippen molar-refractivity contribution in [1.29, 1.82) is 0 Å². The highest BCUT2D eigenvalue weighted by Crippen LogP contribution is 2.14. The molecule has 0 aromatic heterocycles. The molecule has 0 saturated heterocycles. The van der Waals surface area contributed by atoms with Crippen LogP contribution in [0.3, 0.4) is 0 Å². The molecule has 0 fully saturated rings. The molecule has 0 unspecified atom stereocenters. The first-order valence-corrected chi connectivity index (χ1v) is 7.66. The molecule has 0 aliphatic rings. The van der Waals surface area contributed by atoms with E-state index in [1.807, 2.05) is 13.8 Å². The fraction of sp³-hybridized carbons (Fsp3) is 0.444. The van der Waals surface area contributed by atoms with Crippen molar-refractivity contribution in [3.63, 3.8) is 0 Å². The molecule has 0 aliphatic carbocycles. The second kappa shape index (κ2) is 7.81. The van der Waals surface area contributed by atoms with Crippen LogP contribution in [0, 0.1) is 0 Å². The normalized spacial score (nSPS) is 10.8. The third-order valence-corrected chi connectivity index (χ3v) is 2.91. The Hall–Kier alpha value is -2.30. The number of ether oxygens (including phenoxy) is 1. The first kappa shape index (κ1) is 18.7. The fourth-order valence-corrected chi connectivity index (χ4v) is 1.95. The van der Waals surface area contributed by atoms with Crippen molar-refractivity contribution in [1.82, 2.24) is 4.90 Å². The minimum Gasteiger partial charge on any atom is -0.444 e. The maximum Gasteiger partial charge on any atom is 0.412 e. The maximum absolute atomic E-state index is 12.4. The third kappa shape index (κ3) is 6.55. The van der Waals surface area contributed by atoms with E-state index in [0.29, 0.717) is 24.3 Å². The van der Waals surface area contributed by atoms with Gasteiger partial charge in [0, 0.05) is 24.3 Å². The van der Waals surface area contributed by atoms with Gasteiger partial charge < -0.3 is 9.64 Å². The lowest BCUT2D eigenvalue weighted by Gasteiger charge is -2.21. The number of amides is 2. The molecular weight excluding hydrogens is 292 g/mol. The van der Waals surface area contributed by atoms with E-state index in [0.717, 1.165) is 5.57 Å². The van der Waals surface area contributed by atoms with Crippen LogP contribution in [-0.2, 0) is 4.74 Å². The molecule has 0 bridgehead atoms. The molecule has 0 atom stereocenters. The van der Waals surface area contributed by atoms with Crippen LogP contribution in [0.25, 0.3) is 0 Å². The number of hydrogen-bond acceptors (Lipinski definition) is 3. The lowest BCUT2D eigenvalue weighted by molar-refractivity contribution is 0.0635. The van der Waals surface area contributed by atoms with Crippen molar-refractivity contribution in [3.8, 4) is 0 Å². The molecule has 126 valence electrons. The quantitative estimate of drug-likeness (QED) is 0.832. The topological polar surface area (TPSA) is 58.6 Å². The molecule has 0 spiro atoms. The van der Waals surface area contributed by atoms with Crippen LogP contribution in [0.1, 0.15) is 45.0 Å². The Morgan fingerprint density at radius 1 is 1.22 bits per heavy atom. The van der Waals surface area contributed by atoms with Crippen molar-refractivity contribution in [2.75, 3.05) is 18.4 Å². The van der Waals surface area contributed by atoms with Gasteiger partial charge in [0.15, 0.2) is 0 Å². The summed E-state index contributed by atoms with van der Waals surface area (Å²) in [4.78, 5) is 25.8. The van der Waals surface area contributed by atoms with Crippen LogP contribution >= 0.6 is 0 Å². The van der Waals surface area contributed by atoms with Gasteiger partial charge in [-0.25, -0.2) is 4.79 Å². The zero-order valence-electron chi connectivity index (χ0n) is 14.6. The molecule has 5 nitrogen and oxygen atoms in total. The van der Waals surface area contributed by atoms with Gasteiger partial charge >= 0.3 is 6.09 Å². The number of carbonyl (C=O) groups excluding carboxylic acids is 2. The van der Waals surface area contributed by atoms with Gasteiger partial charge in [0.05, 0.1) is 0 Å². The van der Waals surface area contributed by atoms with Crippen LogP contribution < -0.4 is 5.32 Å². The number of hydrogen-bond donors (Lipinski definition) is 1. The number of anilines is 1. The Bertz CT molecular complexity index is 571. The lowest BCUT2D eigenvalue weighted by Crippen LogP contribution is -2.32. The first-order valence-electron chi connectivity index (χ1n) is 7.66. The van der Waals surface area contributed by atoms with Crippen LogP contribution in [-0.4, -0.2) is 35.6 Å². The number of carbonyl (C=O) groups is 2. The van der Waals surface area contributed by atoms with Gasteiger partial charge in [-0.2, -0.15) is 0 Å². The van der Waals surface area contributed by atoms with Crippen LogP contribution in [0.4, 0.5) is 10.5 Å². The highest BCUT2D eigenvalue weighted by molar-refractivity contribution is 5.95. The smallest absolute Gasteiger partial charge is 0.412 e. The van der Waals surface area contributed by atoms with E-state index in [1.165, 1.54) is 0 Å². The Kier molecular flexibility index (Phi) is 6.37. The van der Waals surface area contributed by atoms with Gasteiger partial charge in [0.25, 0.3) is 5.91 Å². The van der Waals surface area contributed by atoms with Gasteiger partial charge in [0.2, 0.25) is 0 Å². The summed E-state index contributed by atoms with van der Waals surface area (Å²) < 4.78 is 5.18. The molecule has 1 N–H and O–H groups in total. The first-order chi connectivity index (χ1) is 10.6. The molecule has 1 aromatic rings. The van der Waals surface area contributed by atoms with Crippen molar-refractivity contribution in [3.05, 3.63) is 42.0 Å². The predicted octanol–water partition coefficient (Wildman–Crippen LogP) is 4.07. The second-order valence-electron chi connectivity index (χ2n) is 6.48. The van der Waals surface area contributed by atoms with E-state index in [2.05, 4.69) is 11.9 Å². The van der Waals surface area contributed by atoms with Gasteiger partial charge in [-0.1, -0.05) is 12.2 Å². The Morgan fingerprint density at radius 2 is 1.78 bits per heavy atom. The SMILES string of the molecule is C=C(C)CN(CC)C(=O)c1ccc(NC(=O)OC(C)(C)C)cc1. The minimum absolute atomic E-state index is 0.0562. The molecule has 0 saturated carbocycles. The molecule has 2 amide bonds. The number of rotatable bonds is 5. The number of nitrogens with one attached hydrogen (secondary N) is 1. The average molecular weight is 318 g/mol. The monoisotopic (exact) mass is 318 g/mol. The summed E-state index contributed by atoms with van der Waals surface area (Å²) in [6.45, 7) is 14.2. The van der Waals surface area contributed by atoms with Crippen molar-refractivity contribution in [2.24, 2.45) is 0 Å². The maximum atomic E-state index is 12.4. The molecule has 5 heteroatoms. The molecule has 1 aromatic carbocycles. The lowest BCUT2D eigenvalue weighted by atomic mass is 10.1.